The number of rotatable bonds is 2. The molecule has 0 unspecified atom stereocenters. The van der Waals surface area contributed by atoms with Crippen molar-refractivity contribution in [3.8, 4) is 5.69 Å². The summed E-state index contributed by atoms with van der Waals surface area (Å²) in [5.74, 6) is 0. The van der Waals surface area contributed by atoms with Crippen LogP contribution >= 0.6 is 15.9 Å². The van der Waals surface area contributed by atoms with Crippen LogP contribution in [0.15, 0.2) is 45.7 Å². The number of hydrogen-bond donors (Lipinski definition) is 1. The van der Waals surface area contributed by atoms with Gasteiger partial charge in [-0.2, -0.15) is 0 Å². The Kier molecular flexibility index (Phi) is 3.45. The average Bonchev–Trinajstić information content (AvgIpc) is 2.29. The van der Waals surface area contributed by atoms with Gasteiger partial charge in [-0.25, -0.2) is 0 Å². The average molecular weight is 293 g/mol. The predicted molar refractivity (Wildman–Crippen MR) is 72.4 cm³/mol. The lowest BCUT2D eigenvalue weighted by Crippen LogP contribution is -2.25. The summed E-state index contributed by atoms with van der Waals surface area (Å²) in [6.07, 6.45) is 0. The summed E-state index contributed by atoms with van der Waals surface area (Å²) in [7, 11) is 0. The Morgan fingerprint density at radius 2 is 2.06 bits per heavy atom. The Morgan fingerprint density at radius 1 is 1.29 bits per heavy atom. The number of nitrogens with zero attached hydrogens (tertiary/aromatic N) is 1. The number of aromatic nitrogens is 1. The van der Waals surface area contributed by atoms with E-state index in [-0.39, 0.29) is 12.1 Å². The number of halogens is 1. The maximum atomic E-state index is 12.2. The van der Waals surface area contributed by atoms with Crippen LogP contribution in [-0.4, -0.2) is 4.57 Å². The van der Waals surface area contributed by atoms with E-state index in [1.165, 1.54) is 0 Å². The van der Waals surface area contributed by atoms with Crippen molar-refractivity contribution >= 4 is 15.9 Å². The first-order chi connectivity index (χ1) is 8.13. The Balaban J connectivity index is 2.71. The van der Waals surface area contributed by atoms with Crippen molar-refractivity contribution in [2.45, 2.75) is 13.5 Å². The van der Waals surface area contributed by atoms with Crippen LogP contribution in [0.2, 0.25) is 0 Å². The molecule has 1 aromatic heterocycles. The second kappa shape index (κ2) is 4.85. The second-order valence-corrected chi connectivity index (χ2v) is 4.74. The summed E-state index contributed by atoms with van der Waals surface area (Å²) in [4.78, 5) is 12.2. The van der Waals surface area contributed by atoms with Gasteiger partial charge in [-0.05, 0) is 31.2 Å². The van der Waals surface area contributed by atoms with E-state index in [0.717, 1.165) is 15.9 Å². The molecule has 0 amide bonds. The topological polar surface area (TPSA) is 48.0 Å². The van der Waals surface area contributed by atoms with Gasteiger partial charge in [0, 0.05) is 28.0 Å². The Hall–Kier alpha value is -1.39. The molecule has 4 heteroatoms. The Morgan fingerprint density at radius 3 is 2.71 bits per heavy atom. The van der Waals surface area contributed by atoms with Crippen molar-refractivity contribution in [1.82, 2.24) is 4.57 Å². The lowest BCUT2D eigenvalue weighted by Gasteiger charge is -2.11. The van der Waals surface area contributed by atoms with Crippen LogP contribution in [0.1, 0.15) is 11.3 Å². The van der Waals surface area contributed by atoms with Crippen LogP contribution in [0.3, 0.4) is 0 Å². The molecule has 0 aliphatic heterocycles. The zero-order chi connectivity index (χ0) is 12.4. The number of hydrogen-bond acceptors (Lipinski definition) is 2. The number of nitrogens with two attached hydrogens (primary N) is 1. The molecule has 0 fully saturated rings. The fourth-order valence-electron chi connectivity index (χ4n) is 1.76. The lowest BCUT2D eigenvalue weighted by atomic mass is 10.2. The molecule has 0 bridgehead atoms. The lowest BCUT2D eigenvalue weighted by molar-refractivity contribution is 0.888. The predicted octanol–water partition coefficient (Wildman–Crippen LogP) is 2.37. The SMILES string of the molecule is Cc1ccc(CN)c(=O)n1-c1cccc(Br)c1. The maximum absolute atomic E-state index is 12.2. The normalized spacial score (nSPS) is 10.5. The Labute approximate surface area is 108 Å². The van der Waals surface area contributed by atoms with Crippen molar-refractivity contribution in [3.63, 3.8) is 0 Å². The number of pyridine rings is 1. The minimum Gasteiger partial charge on any atom is -0.326 e. The molecule has 0 aliphatic rings. The minimum atomic E-state index is -0.0504. The van der Waals surface area contributed by atoms with Gasteiger partial charge in [0.2, 0.25) is 0 Å². The second-order valence-electron chi connectivity index (χ2n) is 3.82. The fourth-order valence-corrected chi connectivity index (χ4v) is 2.15. The summed E-state index contributed by atoms with van der Waals surface area (Å²) in [6, 6.07) is 11.3. The monoisotopic (exact) mass is 292 g/mol. The molecule has 2 N–H and O–H groups in total. The van der Waals surface area contributed by atoms with Crippen LogP contribution in [0.25, 0.3) is 5.69 Å². The van der Waals surface area contributed by atoms with Crippen molar-refractivity contribution in [2.75, 3.05) is 0 Å². The van der Waals surface area contributed by atoms with Gasteiger partial charge in [0.15, 0.2) is 0 Å². The van der Waals surface area contributed by atoms with Crippen LogP contribution in [-0.2, 0) is 6.54 Å². The summed E-state index contributed by atoms with van der Waals surface area (Å²) in [6.45, 7) is 2.16. The van der Waals surface area contributed by atoms with Gasteiger partial charge in [-0.1, -0.05) is 28.1 Å². The van der Waals surface area contributed by atoms with E-state index in [1.54, 1.807) is 10.6 Å². The smallest absolute Gasteiger partial charge is 0.259 e. The molecule has 88 valence electrons. The van der Waals surface area contributed by atoms with Gasteiger partial charge in [-0.3, -0.25) is 9.36 Å². The van der Waals surface area contributed by atoms with Gasteiger partial charge in [-0.15, -0.1) is 0 Å². The molecule has 2 aromatic rings. The Bertz CT molecular complexity index is 605. The van der Waals surface area contributed by atoms with Gasteiger partial charge in [0.05, 0.1) is 0 Å². The summed E-state index contributed by atoms with van der Waals surface area (Å²) < 4.78 is 2.62. The van der Waals surface area contributed by atoms with Gasteiger partial charge >= 0.3 is 0 Å². The van der Waals surface area contributed by atoms with Crippen molar-refractivity contribution in [2.24, 2.45) is 5.73 Å². The van der Waals surface area contributed by atoms with Crippen molar-refractivity contribution in [1.29, 1.82) is 0 Å². The highest BCUT2D eigenvalue weighted by Gasteiger charge is 2.07. The summed E-state index contributed by atoms with van der Waals surface area (Å²) in [5, 5.41) is 0. The van der Waals surface area contributed by atoms with Gasteiger partial charge < -0.3 is 5.73 Å². The van der Waals surface area contributed by atoms with E-state index >= 15 is 0 Å². The third-order valence-corrected chi connectivity index (χ3v) is 3.14. The molecule has 0 aliphatic carbocycles. The third kappa shape index (κ3) is 2.33. The summed E-state index contributed by atoms with van der Waals surface area (Å²) in [5.41, 5.74) is 7.86. The van der Waals surface area contributed by atoms with E-state index in [0.29, 0.717) is 5.56 Å². The maximum Gasteiger partial charge on any atom is 0.259 e. The van der Waals surface area contributed by atoms with Gasteiger partial charge in [0.1, 0.15) is 0 Å². The van der Waals surface area contributed by atoms with Crippen molar-refractivity contribution < 1.29 is 0 Å². The van der Waals surface area contributed by atoms with Crippen molar-refractivity contribution in [3.05, 3.63) is 62.5 Å². The summed E-state index contributed by atoms with van der Waals surface area (Å²) >= 11 is 3.40. The van der Waals surface area contributed by atoms with Crippen LogP contribution in [0.4, 0.5) is 0 Å². The molecule has 1 heterocycles. The first kappa shape index (κ1) is 12.1. The molecule has 3 nitrogen and oxygen atoms in total. The van der Waals surface area contributed by atoms with E-state index in [1.807, 2.05) is 37.3 Å². The molecule has 0 saturated carbocycles. The van der Waals surface area contributed by atoms with E-state index in [9.17, 15) is 4.79 Å². The fraction of sp³-hybridized carbons (Fsp3) is 0.154. The van der Waals surface area contributed by atoms with Crippen LogP contribution in [0, 0.1) is 6.92 Å². The number of aryl methyl sites for hydroxylation is 1. The highest BCUT2D eigenvalue weighted by molar-refractivity contribution is 9.10. The van der Waals surface area contributed by atoms with Gasteiger partial charge in [0.25, 0.3) is 5.56 Å². The quantitative estimate of drug-likeness (QED) is 0.924. The molecular formula is C13H13BrN2O. The molecule has 0 atom stereocenters. The first-order valence-electron chi connectivity index (χ1n) is 5.31. The van der Waals surface area contributed by atoms with E-state index < -0.39 is 0 Å². The molecular weight excluding hydrogens is 280 g/mol. The first-order valence-corrected chi connectivity index (χ1v) is 6.10. The highest BCUT2D eigenvalue weighted by atomic mass is 79.9. The van der Waals surface area contributed by atoms with E-state index in [4.69, 9.17) is 5.73 Å². The zero-order valence-corrected chi connectivity index (χ0v) is 11.1. The van der Waals surface area contributed by atoms with Crippen LogP contribution in [0.5, 0.6) is 0 Å². The molecule has 0 radical (unpaired) electrons. The zero-order valence-electron chi connectivity index (χ0n) is 9.48. The molecule has 1 aromatic carbocycles. The molecule has 17 heavy (non-hydrogen) atoms. The highest BCUT2D eigenvalue weighted by Crippen LogP contribution is 2.15. The standard InChI is InChI=1S/C13H13BrN2O/c1-9-5-6-10(8-15)13(17)16(9)12-4-2-3-11(14)7-12/h2-7H,8,15H2,1H3. The van der Waals surface area contributed by atoms with Crippen LogP contribution < -0.4 is 11.3 Å². The molecule has 0 saturated heterocycles. The largest absolute Gasteiger partial charge is 0.326 e. The third-order valence-electron chi connectivity index (χ3n) is 2.64. The minimum absolute atomic E-state index is 0.0504. The number of benzene rings is 1. The van der Waals surface area contributed by atoms with E-state index in [2.05, 4.69) is 15.9 Å². The molecule has 2 rings (SSSR count). The molecule has 0 spiro atoms.